The highest BCUT2D eigenvalue weighted by molar-refractivity contribution is 6.71. The number of nitro benzene ring substituents is 1. The van der Waals surface area contributed by atoms with Gasteiger partial charge in [-0.3, -0.25) is 24.5 Å². The maximum absolute atomic E-state index is 14.9. The van der Waals surface area contributed by atoms with E-state index in [2.05, 4.69) is 5.32 Å². The first-order valence-electron chi connectivity index (χ1n) is 17.8. The summed E-state index contributed by atoms with van der Waals surface area (Å²) in [5.74, 6) is -1.60. The molecular formula is C40H42N4O8Si. The van der Waals surface area contributed by atoms with E-state index in [0.717, 1.165) is 16.7 Å². The minimum Gasteiger partial charge on any atom is -0.432 e. The fourth-order valence-electron chi connectivity index (χ4n) is 8.54. The van der Waals surface area contributed by atoms with Gasteiger partial charge in [-0.05, 0) is 66.5 Å². The summed E-state index contributed by atoms with van der Waals surface area (Å²) in [4.78, 5) is 68.1. The van der Waals surface area contributed by atoms with Crippen LogP contribution in [-0.4, -0.2) is 64.5 Å². The molecule has 3 aliphatic rings. The van der Waals surface area contributed by atoms with Crippen molar-refractivity contribution in [2.45, 2.75) is 69.2 Å². The summed E-state index contributed by atoms with van der Waals surface area (Å²) >= 11 is 0. The van der Waals surface area contributed by atoms with E-state index in [1.807, 2.05) is 37.3 Å². The average molecular weight is 735 g/mol. The maximum Gasteiger partial charge on any atom is 0.269 e. The van der Waals surface area contributed by atoms with Crippen molar-refractivity contribution in [3.8, 4) is 0 Å². The van der Waals surface area contributed by atoms with E-state index >= 15 is 0 Å². The molecule has 0 bridgehead atoms. The number of rotatable bonds is 9. The molecule has 5 atom stereocenters. The molecule has 13 heteroatoms. The van der Waals surface area contributed by atoms with Gasteiger partial charge in [0.1, 0.15) is 0 Å². The summed E-state index contributed by atoms with van der Waals surface area (Å²) < 4.78 is 6.81. The zero-order chi connectivity index (χ0) is 37.7. The number of benzene rings is 4. The first kappa shape index (κ1) is 36.2. The molecule has 1 saturated heterocycles. The Kier molecular flexibility index (Phi) is 9.53. The molecule has 3 heterocycles. The first-order chi connectivity index (χ1) is 25.3. The molecule has 274 valence electrons. The van der Waals surface area contributed by atoms with Gasteiger partial charge >= 0.3 is 0 Å². The van der Waals surface area contributed by atoms with Crippen LogP contribution in [0.5, 0.6) is 0 Å². The normalized spacial score (nSPS) is 23.5. The van der Waals surface area contributed by atoms with Gasteiger partial charge in [-0.15, -0.1) is 0 Å². The molecule has 4 aromatic rings. The molecule has 7 rings (SSSR count). The van der Waals surface area contributed by atoms with E-state index in [1.165, 1.54) is 12.1 Å². The van der Waals surface area contributed by atoms with Gasteiger partial charge in [0.25, 0.3) is 17.5 Å². The second-order valence-electron chi connectivity index (χ2n) is 14.8. The largest absolute Gasteiger partial charge is 0.432 e. The lowest BCUT2D eigenvalue weighted by Crippen LogP contribution is -2.48. The zero-order valence-corrected chi connectivity index (χ0v) is 30.8. The highest BCUT2D eigenvalue weighted by atomic mass is 28.4. The third-order valence-electron chi connectivity index (χ3n) is 11.0. The van der Waals surface area contributed by atoms with Crippen LogP contribution < -0.4 is 10.2 Å². The molecule has 0 unspecified atom stereocenters. The third kappa shape index (κ3) is 6.54. The highest BCUT2D eigenvalue weighted by Gasteiger charge is 2.66. The van der Waals surface area contributed by atoms with Crippen LogP contribution in [0, 0.1) is 16.0 Å². The Morgan fingerprint density at radius 3 is 2.34 bits per heavy atom. The van der Waals surface area contributed by atoms with Crippen LogP contribution in [0.25, 0.3) is 0 Å². The number of non-ortho nitro benzene ring substituents is 1. The van der Waals surface area contributed by atoms with E-state index in [-0.39, 0.29) is 37.1 Å². The lowest BCUT2D eigenvalue weighted by atomic mass is 9.82. The number of aliphatic hydroxyl groups excluding tert-OH is 1. The van der Waals surface area contributed by atoms with Gasteiger partial charge in [0, 0.05) is 47.0 Å². The predicted molar refractivity (Wildman–Crippen MR) is 200 cm³/mol. The lowest BCUT2D eigenvalue weighted by Gasteiger charge is -2.37. The van der Waals surface area contributed by atoms with Gasteiger partial charge in [0.2, 0.25) is 5.91 Å². The van der Waals surface area contributed by atoms with E-state index in [9.17, 15) is 34.4 Å². The Bertz CT molecular complexity index is 2070. The van der Waals surface area contributed by atoms with Crippen molar-refractivity contribution in [1.29, 1.82) is 0 Å². The molecule has 1 spiro atoms. The number of carbonyl (C=O) groups excluding carboxylic acids is 3. The number of fused-ring (bicyclic) bond motifs is 3. The number of amides is 3. The number of nitrogens with zero attached hydrogens (tertiary/aromatic N) is 3. The Morgan fingerprint density at radius 2 is 1.68 bits per heavy atom. The minimum atomic E-state index is -3.15. The lowest BCUT2D eigenvalue weighted by molar-refractivity contribution is -0.385. The number of nitrogens with one attached hydrogen (secondary N) is 1. The number of anilines is 2. The number of hydrogen-bond acceptors (Lipinski definition) is 8. The quantitative estimate of drug-likeness (QED) is 0.115. The van der Waals surface area contributed by atoms with Gasteiger partial charge < -0.3 is 29.8 Å². The standard InChI is InChI=1S/C40H42N4O8Si/c1-25-37(53(2,3)51)35(21-36(46)42-23-29-12-8-7-11-28(29)19-32(42)24-45)52-40(25)33-20-31(44(49)50)17-18-34(33)43(39(40)48)22-26-13-15-30(16-14-26)41-38(47)27-9-5-4-6-10-27/h4-18,20,25,32,35,37,45,51H,19,21-24H2,1-3H3,(H,41,47)/t25-,32-,35+,37-,40+/m0/s1. The minimum absolute atomic E-state index is 0.105. The molecule has 4 aromatic carbocycles. The first-order valence-corrected chi connectivity index (χ1v) is 20.8. The van der Waals surface area contributed by atoms with E-state index in [4.69, 9.17) is 4.74 Å². The van der Waals surface area contributed by atoms with Crippen LogP contribution >= 0.6 is 0 Å². The average Bonchev–Trinajstić information content (AvgIpc) is 3.57. The number of nitro groups is 1. The van der Waals surface area contributed by atoms with Crippen molar-refractivity contribution < 1.29 is 33.9 Å². The van der Waals surface area contributed by atoms with E-state index in [0.29, 0.717) is 35.5 Å². The molecule has 0 saturated carbocycles. The van der Waals surface area contributed by atoms with Crippen LogP contribution in [0.3, 0.4) is 0 Å². The Morgan fingerprint density at radius 1 is 1.00 bits per heavy atom. The molecule has 3 aliphatic heterocycles. The van der Waals surface area contributed by atoms with Crippen molar-refractivity contribution in [2.24, 2.45) is 5.92 Å². The third-order valence-corrected chi connectivity index (χ3v) is 13.5. The number of ether oxygens (including phenoxy) is 1. The smallest absolute Gasteiger partial charge is 0.269 e. The summed E-state index contributed by atoms with van der Waals surface area (Å²) in [6, 6.07) is 27.6. The van der Waals surface area contributed by atoms with Gasteiger partial charge in [-0.25, -0.2) is 0 Å². The van der Waals surface area contributed by atoms with Crippen LogP contribution in [0.4, 0.5) is 17.1 Å². The fraction of sp³-hybridized carbons (Fsp3) is 0.325. The fourth-order valence-corrected chi connectivity index (χ4v) is 11.1. The molecule has 12 nitrogen and oxygen atoms in total. The van der Waals surface area contributed by atoms with E-state index < -0.39 is 48.4 Å². The SMILES string of the molecule is C[C@H]1[C@H]([Si](C)(C)O)[C@@H](CC(=O)N2Cc3ccccc3C[C@H]2CO)O[C@]12C(=O)N(Cc1ccc(NC(=O)c3ccccc3)cc1)c1ccc([N+](=O)[O-])cc12. The number of aliphatic hydroxyl groups is 1. The Balaban J connectivity index is 1.19. The zero-order valence-electron chi connectivity index (χ0n) is 29.8. The highest BCUT2D eigenvalue weighted by Crippen LogP contribution is 2.60. The van der Waals surface area contributed by atoms with Crippen LogP contribution in [-0.2, 0) is 39.4 Å². The summed E-state index contributed by atoms with van der Waals surface area (Å²) in [7, 11) is -3.15. The molecule has 0 radical (unpaired) electrons. The van der Waals surface area contributed by atoms with Crippen molar-refractivity contribution in [3.05, 3.63) is 135 Å². The van der Waals surface area contributed by atoms with Crippen LogP contribution in [0.2, 0.25) is 18.6 Å². The predicted octanol–water partition coefficient (Wildman–Crippen LogP) is 5.53. The van der Waals surface area contributed by atoms with Gasteiger partial charge in [-0.2, -0.15) is 0 Å². The van der Waals surface area contributed by atoms with E-state index in [1.54, 1.807) is 77.5 Å². The van der Waals surface area contributed by atoms with Crippen LogP contribution in [0.15, 0.2) is 97.1 Å². The molecule has 0 aliphatic carbocycles. The Labute approximate surface area is 308 Å². The summed E-state index contributed by atoms with van der Waals surface area (Å²) in [5.41, 5.74) is 2.18. The van der Waals surface area contributed by atoms with Crippen molar-refractivity contribution >= 4 is 43.1 Å². The topological polar surface area (TPSA) is 163 Å². The monoisotopic (exact) mass is 734 g/mol. The van der Waals surface area contributed by atoms with Crippen molar-refractivity contribution in [3.63, 3.8) is 0 Å². The summed E-state index contributed by atoms with van der Waals surface area (Å²) in [5, 5.41) is 25.2. The van der Waals surface area contributed by atoms with Gasteiger partial charge in [0.05, 0.1) is 42.3 Å². The summed E-state index contributed by atoms with van der Waals surface area (Å²) in [6.07, 6.45) is -0.511. The molecule has 3 N–H and O–H groups in total. The summed E-state index contributed by atoms with van der Waals surface area (Å²) in [6.45, 7) is 5.53. The molecule has 0 aromatic heterocycles. The number of hydrogen-bond donors (Lipinski definition) is 3. The molecule has 53 heavy (non-hydrogen) atoms. The van der Waals surface area contributed by atoms with Crippen molar-refractivity contribution in [2.75, 3.05) is 16.8 Å². The second-order valence-corrected chi connectivity index (χ2v) is 18.7. The maximum atomic E-state index is 14.9. The van der Waals surface area contributed by atoms with Gasteiger partial charge in [-0.1, -0.05) is 61.5 Å². The van der Waals surface area contributed by atoms with Crippen molar-refractivity contribution in [1.82, 2.24) is 4.90 Å². The molecule has 1 fully saturated rings. The second kappa shape index (κ2) is 14.0. The van der Waals surface area contributed by atoms with Crippen LogP contribution in [0.1, 0.15) is 46.0 Å². The molecular weight excluding hydrogens is 693 g/mol. The Hall–Kier alpha value is -5.21. The molecule has 3 amide bonds. The van der Waals surface area contributed by atoms with Gasteiger partial charge in [0.15, 0.2) is 13.9 Å². The number of carbonyl (C=O) groups is 3.